The van der Waals surface area contributed by atoms with Crippen LogP contribution in [0.4, 0.5) is 0 Å². The molecular weight excluding hydrogens is 542 g/mol. The van der Waals surface area contributed by atoms with Crippen LogP contribution in [0.5, 0.6) is 5.75 Å². The molecule has 0 radical (unpaired) electrons. The Morgan fingerprint density at radius 1 is 1.00 bits per heavy atom. The Labute approximate surface area is 244 Å². The highest BCUT2D eigenvalue weighted by Gasteiger charge is 2.32. The van der Waals surface area contributed by atoms with E-state index in [2.05, 4.69) is 16.0 Å². The standard InChI is InChI=1S/C29H39N7O6/c1-16(2)26(36-22(38)15-35-28(41)20(31)10-7-13-34-29(32)33)27(40)25-21(42-23(39)14-30)12-11-19(17(3)37)24(25)18-8-5-4-6-9-18/h4-6,8-9,11-12,16,20,26H,7,10,13-15,30-31H2,1-3H3,(H,35,41)(H,36,38)(H4,32,33,34)/t20-,26-/m0/s1. The highest BCUT2D eigenvalue weighted by Crippen LogP contribution is 2.36. The summed E-state index contributed by atoms with van der Waals surface area (Å²) in [6.45, 7) is 4.28. The van der Waals surface area contributed by atoms with Crippen molar-refractivity contribution in [1.29, 1.82) is 5.41 Å². The van der Waals surface area contributed by atoms with Crippen molar-refractivity contribution in [2.24, 2.45) is 23.1 Å². The highest BCUT2D eigenvalue weighted by molar-refractivity contribution is 6.14. The maximum Gasteiger partial charge on any atom is 0.325 e. The van der Waals surface area contributed by atoms with Gasteiger partial charge in [0.2, 0.25) is 11.8 Å². The molecule has 0 bridgehead atoms. The lowest BCUT2D eigenvalue weighted by Crippen LogP contribution is -2.50. The lowest BCUT2D eigenvalue weighted by atomic mass is 9.85. The van der Waals surface area contributed by atoms with E-state index in [0.717, 1.165) is 0 Å². The van der Waals surface area contributed by atoms with Crippen molar-refractivity contribution in [3.8, 4) is 16.9 Å². The molecule has 13 nitrogen and oxygen atoms in total. The zero-order valence-electron chi connectivity index (χ0n) is 24.0. The van der Waals surface area contributed by atoms with Crippen molar-refractivity contribution >= 4 is 35.3 Å². The molecule has 0 fully saturated rings. The summed E-state index contributed by atoms with van der Waals surface area (Å²) in [6, 6.07) is 9.50. The van der Waals surface area contributed by atoms with Crippen LogP contribution in [0.1, 0.15) is 54.3 Å². The number of carbonyl (C=O) groups is 5. The molecule has 13 heteroatoms. The number of ketones is 2. The zero-order chi connectivity index (χ0) is 31.4. The fourth-order valence-electron chi connectivity index (χ4n) is 4.17. The third-order valence-electron chi connectivity index (χ3n) is 6.28. The van der Waals surface area contributed by atoms with E-state index in [1.54, 1.807) is 44.2 Å². The fourth-order valence-corrected chi connectivity index (χ4v) is 4.17. The molecule has 10 N–H and O–H groups in total. The Morgan fingerprint density at radius 2 is 1.67 bits per heavy atom. The summed E-state index contributed by atoms with van der Waals surface area (Å²) in [5.74, 6) is -3.63. The molecule has 2 atom stereocenters. The first-order chi connectivity index (χ1) is 19.9. The van der Waals surface area contributed by atoms with Crippen LogP contribution in [0.15, 0.2) is 42.5 Å². The molecule has 42 heavy (non-hydrogen) atoms. The van der Waals surface area contributed by atoms with Gasteiger partial charge in [-0.25, -0.2) is 0 Å². The van der Waals surface area contributed by atoms with Crippen LogP contribution >= 0.6 is 0 Å². The largest absolute Gasteiger partial charge is 0.425 e. The van der Waals surface area contributed by atoms with Crippen molar-refractivity contribution in [3.63, 3.8) is 0 Å². The average molecular weight is 582 g/mol. The van der Waals surface area contributed by atoms with E-state index in [1.165, 1.54) is 19.1 Å². The normalized spacial score (nSPS) is 12.1. The van der Waals surface area contributed by atoms with Gasteiger partial charge in [-0.3, -0.25) is 29.4 Å². The number of benzene rings is 2. The minimum Gasteiger partial charge on any atom is -0.425 e. The van der Waals surface area contributed by atoms with Crippen molar-refractivity contribution in [1.82, 2.24) is 16.0 Å². The molecule has 2 amide bonds. The number of guanidine groups is 1. The smallest absolute Gasteiger partial charge is 0.325 e. The van der Waals surface area contributed by atoms with Gasteiger partial charge < -0.3 is 37.9 Å². The van der Waals surface area contributed by atoms with Gasteiger partial charge in [0, 0.05) is 17.7 Å². The number of nitrogens with two attached hydrogens (primary N) is 3. The summed E-state index contributed by atoms with van der Waals surface area (Å²) < 4.78 is 5.40. The molecule has 0 aromatic heterocycles. The number of Topliss-reactive ketones (excluding diaryl/α,β-unsaturated/α-hetero) is 2. The topological polar surface area (TPSA) is 233 Å². The summed E-state index contributed by atoms with van der Waals surface area (Å²) in [5, 5.41) is 14.9. The van der Waals surface area contributed by atoms with Gasteiger partial charge >= 0.3 is 5.97 Å². The lowest BCUT2D eigenvalue weighted by Gasteiger charge is -2.25. The minimum absolute atomic E-state index is 0.0556. The number of rotatable bonds is 15. The first-order valence-corrected chi connectivity index (χ1v) is 13.5. The second-order valence-corrected chi connectivity index (χ2v) is 9.92. The molecule has 0 saturated carbocycles. The van der Waals surface area contributed by atoms with Gasteiger partial charge in [0.1, 0.15) is 5.75 Å². The molecule has 2 aromatic rings. The summed E-state index contributed by atoms with van der Waals surface area (Å²) in [4.78, 5) is 64.2. The number of hydrogen-bond donors (Lipinski definition) is 7. The molecule has 2 aromatic carbocycles. The van der Waals surface area contributed by atoms with E-state index in [4.69, 9.17) is 27.3 Å². The summed E-state index contributed by atoms with van der Waals surface area (Å²) >= 11 is 0. The minimum atomic E-state index is -1.11. The van der Waals surface area contributed by atoms with Gasteiger partial charge in [-0.05, 0) is 43.4 Å². The van der Waals surface area contributed by atoms with Crippen LogP contribution in [-0.2, 0) is 14.4 Å². The Kier molecular flexibility index (Phi) is 12.8. The number of ether oxygens (including phenoxy) is 1. The number of carbonyl (C=O) groups excluding carboxylic acids is 5. The van der Waals surface area contributed by atoms with E-state index in [9.17, 15) is 24.0 Å². The molecule has 0 aliphatic rings. The molecule has 2 rings (SSSR count). The van der Waals surface area contributed by atoms with Crippen LogP contribution in [0.2, 0.25) is 0 Å². The van der Waals surface area contributed by atoms with Gasteiger partial charge in [-0.15, -0.1) is 0 Å². The quantitative estimate of drug-likeness (QED) is 0.0383. The maximum atomic E-state index is 14.1. The summed E-state index contributed by atoms with van der Waals surface area (Å²) in [7, 11) is 0. The first kappa shape index (κ1) is 33.6. The molecule has 0 saturated heterocycles. The molecule has 226 valence electrons. The van der Waals surface area contributed by atoms with Crippen molar-refractivity contribution in [2.45, 2.75) is 45.7 Å². The number of esters is 1. The molecule has 0 aliphatic carbocycles. The number of nitrogens with one attached hydrogen (secondary N) is 4. The van der Waals surface area contributed by atoms with E-state index in [0.29, 0.717) is 24.9 Å². The Bertz CT molecular complexity index is 1310. The average Bonchev–Trinajstić information content (AvgIpc) is 2.95. The van der Waals surface area contributed by atoms with E-state index < -0.39 is 54.7 Å². The van der Waals surface area contributed by atoms with Crippen molar-refractivity contribution in [3.05, 3.63) is 53.6 Å². The molecule has 0 spiro atoms. The van der Waals surface area contributed by atoms with Gasteiger partial charge in [0.25, 0.3) is 0 Å². The van der Waals surface area contributed by atoms with Gasteiger partial charge in [0.15, 0.2) is 17.5 Å². The molecular formula is C29H39N7O6. The molecule has 0 aliphatic heterocycles. The lowest BCUT2D eigenvalue weighted by molar-refractivity contribution is -0.132. The van der Waals surface area contributed by atoms with Gasteiger partial charge in [0.05, 0.1) is 30.7 Å². The second-order valence-electron chi connectivity index (χ2n) is 9.92. The SMILES string of the molecule is CC(=O)c1ccc(OC(=O)CN)c(C(=O)[C@@H](NC(=O)CNC(=O)[C@@H](N)CCCNC(=N)N)C(C)C)c1-c1ccccc1. The number of amides is 2. The summed E-state index contributed by atoms with van der Waals surface area (Å²) in [6.07, 6.45) is 0.768. The zero-order valence-corrected chi connectivity index (χ0v) is 24.0. The van der Waals surface area contributed by atoms with E-state index >= 15 is 0 Å². The number of hydrogen-bond acceptors (Lipinski definition) is 9. The second kappa shape index (κ2) is 16.0. The predicted molar refractivity (Wildman–Crippen MR) is 158 cm³/mol. The fraction of sp³-hybridized carbons (Fsp3) is 0.379. The van der Waals surface area contributed by atoms with Crippen LogP contribution in [0.3, 0.4) is 0 Å². The van der Waals surface area contributed by atoms with Crippen molar-refractivity contribution < 1.29 is 28.7 Å². The van der Waals surface area contributed by atoms with Crippen LogP contribution in [-0.4, -0.2) is 67.0 Å². The third kappa shape index (κ3) is 9.49. The summed E-state index contributed by atoms with van der Waals surface area (Å²) in [5.41, 5.74) is 17.5. The predicted octanol–water partition coefficient (Wildman–Crippen LogP) is 0.451. The van der Waals surface area contributed by atoms with Crippen molar-refractivity contribution in [2.75, 3.05) is 19.6 Å². The van der Waals surface area contributed by atoms with Crippen LogP contribution in [0, 0.1) is 11.3 Å². The molecule has 0 unspecified atom stereocenters. The van der Waals surface area contributed by atoms with Crippen LogP contribution in [0.25, 0.3) is 11.1 Å². The van der Waals surface area contributed by atoms with Crippen LogP contribution < -0.4 is 37.9 Å². The van der Waals surface area contributed by atoms with Gasteiger partial charge in [-0.2, -0.15) is 0 Å². The third-order valence-corrected chi connectivity index (χ3v) is 6.28. The first-order valence-electron chi connectivity index (χ1n) is 13.5. The Balaban J connectivity index is 2.35. The highest BCUT2D eigenvalue weighted by atomic mass is 16.5. The maximum absolute atomic E-state index is 14.1. The Hall–Kier alpha value is -4.62. The monoisotopic (exact) mass is 581 g/mol. The van der Waals surface area contributed by atoms with E-state index in [-0.39, 0.29) is 34.2 Å². The van der Waals surface area contributed by atoms with E-state index in [1.807, 2.05) is 0 Å². The van der Waals surface area contributed by atoms with Gasteiger partial charge in [-0.1, -0.05) is 44.2 Å². The molecule has 0 heterocycles. The Morgan fingerprint density at radius 3 is 2.24 bits per heavy atom.